The molecule has 1 saturated carbocycles. The highest BCUT2D eigenvalue weighted by molar-refractivity contribution is 5.27. The summed E-state index contributed by atoms with van der Waals surface area (Å²) in [5.74, 6) is 0.953. The third-order valence-corrected chi connectivity index (χ3v) is 4.21. The van der Waals surface area contributed by atoms with Crippen LogP contribution in [0.1, 0.15) is 45.1 Å². The maximum Gasteiger partial charge on any atom is 0.119 e. The Balaban J connectivity index is 1.64. The Bertz CT molecular complexity index is 396. The second-order valence-electron chi connectivity index (χ2n) is 6.41. The molecule has 0 atom stereocenters. The highest BCUT2D eigenvalue weighted by atomic mass is 16.5. The van der Waals surface area contributed by atoms with E-state index < -0.39 is 0 Å². The highest BCUT2D eigenvalue weighted by Crippen LogP contribution is 2.21. The van der Waals surface area contributed by atoms with E-state index in [2.05, 4.69) is 55.4 Å². The van der Waals surface area contributed by atoms with Crippen LogP contribution in [0.4, 0.5) is 0 Å². The molecule has 118 valence electrons. The second-order valence-corrected chi connectivity index (χ2v) is 6.41. The zero-order chi connectivity index (χ0) is 15.1. The lowest BCUT2D eigenvalue weighted by Gasteiger charge is -2.24. The normalized spacial score (nSPS) is 16.0. The van der Waals surface area contributed by atoms with Gasteiger partial charge in [-0.2, -0.15) is 0 Å². The fourth-order valence-corrected chi connectivity index (χ4v) is 2.97. The molecule has 1 aromatic rings. The lowest BCUT2D eigenvalue weighted by Crippen LogP contribution is -2.35. The zero-order valence-corrected chi connectivity index (χ0v) is 13.8. The van der Waals surface area contributed by atoms with Crippen molar-refractivity contribution in [2.45, 2.75) is 58.2 Å². The van der Waals surface area contributed by atoms with Crippen LogP contribution >= 0.6 is 0 Å². The average Bonchev–Trinajstić information content (AvgIpc) is 2.99. The minimum atomic E-state index is 0.236. The molecule has 21 heavy (non-hydrogen) atoms. The topological polar surface area (TPSA) is 24.5 Å². The lowest BCUT2D eigenvalue weighted by atomic mass is 10.2. The van der Waals surface area contributed by atoms with Crippen molar-refractivity contribution in [3.8, 4) is 5.75 Å². The van der Waals surface area contributed by atoms with E-state index in [9.17, 15) is 0 Å². The number of nitrogens with zero attached hydrogens (tertiary/aromatic N) is 1. The Morgan fingerprint density at radius 2 is 1.86 bits per heavy atom. The number of ether oxygens (including phenoxy) is 1. The fraction of sp³-hybridized carbons (Fsp3) is 0.667. The maximum atomic E-state index is 5.66. The first-order valence-electron chi connectivity index (χ1n) is 8.31. The number of rotatable bonds is 8. The molecule has 1 aliphatic rings. The third-order valence-electron chi connectivity index (χ3n) is 4.21. The van der Waals surface area contributed by atoms with E-state index in [-0.39, 0.29) is 6.10 Å². The minimum absolute atomic E-state index is 0.236. The first-order chi connectivity index (χ1) is 10.1. The molecule has 1 fully saturated rings. The summed E-state index contributed by atoms with van der Waals surface area (Å²) in [4.78, 5) is 2.51. The Kier molecular flexibility index (Phi) is 6.52. The van der Waals surface area contributed by atoms with Gasteiger partial charge < -0.3 is 15.0 Å². The number of nitrogens with one attached hydrogen (secondary N) is 1. The summed E-state index contributed by atoms with van der Waals surface area (Å²) in [7, 11) is 2.26. The molecule has 1 N–H and O–H groups in total. The first-order valence-corrected chi connectivity index (χ1v) is 8.31. The summed E-state index contributed by atoms with van der Waals surface area (Å²) >= 11 is 0. The number of hydrogen-bond acceptors (Lipinski definition) is 3. The Labute approximate surface area is 129 Å². The van der Waals surface area contributed by atoms with Crippen LogP contribution in [0, 0.1) is 0 Å². The number of benzene rings is 1. The van der Waals surface area contributed by atoms with Gasteiger partial charge in [0.25, 0.3) is 0 Å². The van der Waals surface area contributed by atoms with E-state index in [0.717, 1.165) is 31.4 Å². The van der Waals surface area contributed by atoms with Crippen molar-refractivity contribution >= 4 is 0 Å². The van der Waals surface area contributed by atoms with E-state index >= 15 is 0 Å². The van der Waals surface area contributed by atoms with Crippen LogP contribution < -0.4 is 10.1 Å². The summed E-state index contributed by atoms with van der Waals surface area (Å²) < 4.78 is 5.66. The lowest BCUT2D eigenvalue weighted by molar-refractivity contribution is 0.242. The number of likely N-dealkylation sites (N-methyl/N-ethyl adjacent to an activating group) is 1. The predicted molar refractivity (Wildman–Crippen MR) is 88.8 cm³/mol. The van der Waals surface area contributed by atoms with Crippen molar-refractivity contribution in [1.29, 1.82) is 0 Å². The molecule has 0 radical (unpaired) electrons. The third kappa shape index (κ3) is 5.68. The van der Waals surface area contributed by atoms with Gasteiger partial charge in [0.2, 0.25) is 0 Å². The van der Waals surface area contributed by atoms with Gasteiger partial charge in [0.05, 0.1) is 6.10 Å². The smallest absolute Gasteiger partial charge is 0.119 e. The van der Waals surface area contributed by atoms with Gasteiger partial charge in [0, 0.05) is 25.7 Å². The van der Waals surface area contributed by atoms with Gasteiger partial charge in [0.1, 0.15) is 5.75 Å². The zero-order valence-electron chi connectivity index (χ0n) is 13.8. The van der Waals surface area contributed by atoms with Gasteiger partial charge in [-0.15, -0.1) is 0 Å². The second kappa shape index (κ2) is 8.40. The molecule has 0 unspecified atom stereocenters. The molecule has 0 heterocycles. The largest absolute Gasteiger partial charge is 0.491 e. The molecular formula is C18H30N2O. The molecule has 3 heteroatoms. The molecule has 3 nitrogen and oxygen atoms in total. The summed E-state index contributed by atoms with van der Waals surface area (Å²) in [6.07, 6.45) is 5.82. The van der Waals surface area contributed by atoms with Crippen LogP contribution in [0.25, 0.3) is 0 Å². The number of hydrogen-bond donors (Lipinski definition) is 1. The highest BCUT2D eigenvalue weighted by Gasteiger charge is 2.18. The van der Waals surface area contributed by atoms with Gasteiger partial charge >= 0.3 is 0 Å². The quantitative estimate of drug-likeness (QED) is 0.742. The maximum absolute atomic E-state index is 5.66. The van der Waals surface area contributed by atoms with Crippen LogP contribution in [-0.4, -0.2) is 37.2 Å². The van der Waals surface area contributed by atoms with E-state index in [1.54, 1.807) is 0 Å². The molecule has 0 saturated heterocycles. The monoisotopic (exact) mass is 290 g/mol. The summed E-state index contributed by atoms with van der Waals surface area (Å²) in [6.45, 7) is 7.23. The molecule has 0 amide bonds. The molecule has 0 aliphatic heterocycles. The van der Waals surface area contributed by atoms with Gasteiger partial charge in [-0.3, -0.25) is 0 Å². The van der Waals surface area contributed by atoms with Crippen molar-refractivity contribution in [2.75, 3.05) is 20.1 Å². The van der Waals surface area contributed by atoms with Crippen molar-refractivity contribution in [3.05, 3.63) is 29.8 Å². The predicted octanol–water partition coefficient (Wildman–Crippen LogP) is 3.44. The van der Waals surface area contributed by atoms with Crippen LogP contribution in [0.2, 0.25) is 0 Å². The van der Waals surface area contributed by atoms with Crippen LogP contribution in [-0.2, 0) is 6.54 Å². The van der Waals surface area contributed by atoms with Gasteiger partial charge in [0.15, 0.2) is 0 Å². The molecule has 0 bridgehead atoms. The van der Waals surface area contributed by atoms with E-state index in [4.69, 9.17) is 4.74 Å². The standard InChI is InChI=1S/C18H30N2O/c1-15(2)21-18-10-8-16(9-11-18)14-19-12-13-20(3)17-6-4-5-7-17/h8-11,15,17,19H,4-7,12-14H2,1-3H3. The molecule has 1 aromatic carbocycles. The van der Waals surface area contributed by atoms with E-state index in [1.165, 1.54) is 31.2 Å². The molecule has 1 aliphatic carbocycles. The summed E-state index contributed by atoms with van der Waals surface area (Å²) in [5.41, 5.74) is 1.31. The van der Waals surface area contributed by atoms with Crippen molar-refractivity contribution in [3.63, 3.8) is 0 Å². The average molecular weight is 290 g/mol. The van der Waals surface area contributed by atoms with Crippen LogP contribution in [0.5, 0.6) is 5.75 Å². The Morgan fingerprint density at radius 1 is 1.19 bits per heavy atom. The van der Waals surface area contributed by atoms with Gasteiger partial charge in [-0.1, -0.05) is 25.0 Å². The summed E-state index contributed by atoms with van der Waals surface area (Å²) in [6, 6.07) is 9.22. The van der Waals surface area contributed by atoms with Gasteiger partial charge in [-0.25, -0.2) is 0 Å². The SMILES string of the molecule is CC(C)Oc1ccc(CNCCN(C)C2CCCC2)cc1. The van der Waals surface area contributed by atoms with E-state index in [1.807, 2.05) is 0 Å². The Hall–Kier alpha value is -1.06. The summed E-state index contributed by atoms with van der Waals surface area (Å²) in [5, 5.41) is 3.53. The van der Waals surface area contributed by atoms with Crippen molar-refractivity contribution in [1.82, 2.24) is 10.2 Å². The fourth-order valence-electron chi connectivity index (χ4n) is 2.97. The molecule has 0 aromatic heterocycles. The van der Waals surface area contributed by atoms with Crippen molar-refractivity contribution < 1.29 is 4.74 Å². The van der Waals surface area contributed by atoms with Crippen LogP contribution in [0.15, 0.2) is 24.3 Å². The minimum Gasteiger partial charge on any atom is -0.491 e. The van der Waals surface area contributed by atoms with Gasteiger partial charge in [-0.05, 0) is 51.4 Å². The first kappa shape index (κ1) is 16.3. The Morgan fingerprint density at radius 3 is 2.48 bits per heavy atom. The molecule has 0 spiro atoms. The van der Waals surface area contributed by atoms with Crippen molar-refractivity contribution in [2.24, 2.45) is 0 Å². The van der Waals surface area contributed by atoms with Crippen LogP contribution in [0.3, 0.4) is 0 Å². The van der Waals surface area contributed by atoms with E-state index in [0.29, 0.717) is 0 Å². The molecular weight excluding hydrogens is 260 g/mol. The molecule has 2 rings (SSSR count).